The van der Waals surface area contributed by atoms with Gasteiger partial charge in [0, 0.05) is 33.2 Å². The van der Waals surface area contributed by atoms with Crippen LogP contribution in [0.25, 0.3) is 0 Å². The Hall–Kier alpha value is -1.14. The lowest BCUT2D eigenvalue weighted by atomic mass is 10.2. The Morgan fingerprint density at radius 3 is 2.62 bits per heavy atom. The van der Waals surface area contributed by atoms with E-state index >= 15 is 0 Å². The van der Waals surface area contributed by atoms with Crippen molar-refractivity contribution < 1.29 is 14.3 Å². The van der Waals surface area contributed by atoms with E-state index in [9.17, 15) is 9.59 Å². The molecule has 0 aliphatic heterocycles. The van der Waals surface area contributed by atoms with E-state index in [1.165, 1.54) is 4.90 Å². The van der Waals surface area contributed by atoms with Gasteiger partial charge in [0.2, 0.25) is 11.8 Å². The van der Waals surface area contributed by atoms with E-state index < -0.39 is 0 Å². The van der Waals surface area contributed by atoms with Crippen molar-refractivity contribution in [1.29, 1.82) is 0 Å². The Morgan fingerprint density at radius 1 is 1.50 bits per heavy atom. The molecule has 6 nitrogen and oxygen atoms in total. The monoisotopic (exact) mass is 231 g/mol. The third-order valence-corrected chi connectivity index (χ3v) is 1.93. The van der Waals surface area contributed by atoms with E-state index in [0.29, 0.717) is 13.2 Å². The number of ether oxygens (including phenoxy) is 1. The number of carbonyl (C=O) groups is 2. The molecule has 0 aromatic rings. The first-order valence-electron chi connectivity index (χ1n) is 5.22. The summed E-state index contributed by atoms with van der Waals surface area (Å²) in [5.41, 5.74) is 5.50. The second-order valence-electron chi connectivity index (χ2n) is 3.77. The van der Waals surface area contributed by atoms with Crippen molar-refractivity contribution in [1.82, 2.24) is 10.2 Å². The fourth-order valence-electron chi connectivity index (χ4n) is 1.08. The topological polar surface area (TPSA) is 84.7 Å². The number of hydrogen-bond donors (Lipinski definition) is 2. The molecule has 94 valence electrons. The molecule has 6 heteroatoms. The maximum Gasteiger partial charge on any atom is 0.239 e. The standard InChI is InChI=1S/C10H21N3O3/c1-8(11)6-10(15)13(2)7-9(14)12-4-5-16-3/h8H,4-7,11H2,1-3H3,(H,12,14). The molecule has 0 bridgehead atoms. The molecule has 0 fully saturated rings. The summed E-state index contributed by atoms with van der Waals surface area (Å²) in [6, 6.07) is -0.188. The number of nitrogens with two attached hydrogens (primary N) is 1. The lowest BCUT2D eigenvalue weighted by Crippen LogP contribution is -2.40. The van der Waals surface area contributed by atoms with Crippen LogP contribution in [0.3, 0.4) is 0 Å². The highest BCUT2D eigenvalue weighted by Gasteiger charge is 2.13. The van der Waals surface area contributed by atoms with Crippen LogP contribution in [0.4, 0.5) is 0 Å². The van der Waals surface area contributed by atoms with Gasteiger partial charge < -0.3 is 20.7 Å². The lowest BCUT2D eigenvalue weighted by Gasteiger charge is -2.17. The number of likely N-dealkylation sites (N-methyl/N-ethyl adjacent to an activating group) is 1. The van der Waals surface area contributed by atoms with Gasteiger partial charge in [-0.3, -0.25) is 9.59 Å². The molecule has 1 unspecified atom stereocenters. The number of amides is 2. The highest BCUT2D eigenvalue weighted by Crippen LogP contribution is 1.93. The van der Waals surface area contributed by atoms with Crippen molar-refractivity contribution in [2.24, 2.45) is 5.73 Å². The summed E-state index contributed by atoms with van der Waals surface area (Å²) in [4.78, 5) is 24.2. The fourth-order valence-corrected chi connectivity index (χ4v) is 1.08. The van der Waals surface area contributed by atoms with Gasteiger partial charge in [0.15, 0.2) is 0 Å². The number of hydrogen-bond acceptors (Lipinski definition) is 4. The first-order chi connectivity index (χ1) is 7.47. The molecular weight excluding hydrogens is 210 g/mol. The van der Waals surface area contributed by atoms with Gasteiger partial charge in [0.25, 0.3) is 0 Å². The van der Waals surface area contributed by atoms with Crippen molar-refractivity contribution in [3.05, 3.63) is 0 Å². The van der Waals surface area contributed by atoms with Gasteiger partial charge in [-0.2, -0.15) is 0 Å². The molecule has 1 atom stereocenters. The van der Waals surface area contributed by atoms with Crippen LogP contribution in [0.15, 0.2) is 0 Å². The summed E-state index contributed by atoms with van der Waals surface area (Å²) in [5.74, 6) is -0.325. The number of nitrogens with one attached hydrogen (secondary N) is 1. The van der Waals surface area contributed by atoms with Gasteiger partial charge in [-0.25, -0.2) is 0 Å². The van der Waals surface area contributed by atoms with Crippen LogP contribution < -0.4 is 11.1 Å². The minimum atomic E-state index is -0.197. The summed E-state index contributed by atoms with van der Waals surface area (Å²) in [6.45, 7) is 2.72. The van der Waals surface area contributed by atoms with Gasteiger partial charge in [-0.1, -0.05) is 0 Å². The second kappa shape index (κ2) is 8.06. The Balaban J connectivity index is 3.80. The minimum absolute atomic E-state index is 0.0509. The first-order valence-corrected chi connectivity index (χ1v) is 5.22. The van der Waals surface area contributed by atoms with Crippen LogP contribution in [0.5, 0.6) is 0 Å². The van der Waals surface area contributed by atoms with E-state index in [4.69, 9.17) is 10.5 Å². The minimum Gasteiger partial charge on any atom is -0.383 e. The van der Waals surface area contributed by atoms with Gasteiger partial charge in [0.1, 0.15) is 0 Å². The Labute approximate surface area is 96.1 Å². The van der Waals surface area contributed by atoms with E-state index in [0.717, 1.165) is 0 Å². The maximum atomic E-state index is 11.5. The molecule has 0 aromatic heterocycles. The average Bonchev–Trinajstić information content (AvgIpc) is 2.16. The predicted octanol–water partition coefficient (Wildman–Crippen LogP) is -1.06. The van der Waals surface area contributed by atoms with Crippen molar-refractivity contribution in [2.45, 2.75) is 19.4 Å². The summed E-state index contributed by atoms with van der Waals surface area (Å²) < 4.78 is 4.79. The van der Waals surface area contributed by atoms with E-state index in [-0.39, 0.29) is 30.8 Å². The molecule has 16 heavy (non-hydrogen) atoms. The van der Waals surface area contributed by atoms with Gasteiger partial charge in [-0.05, 0) is 6.92 Å². The summed E-state index contributed by atoms with van der Waals surface area (Å²) in [5, 5.41) is 2.63. The number of nitrogens with zero attached hydrogens (tertiary/aromatic N) is 1. The Bertz CT molecular complexity index is 231. The number of rotatable bonds is 7. The van der Waals surface area contributed by atoms with Gasteiger partial charge in [-0.15, -0.1) is 0 Å². The normalized spacial score (nSPS) is 12.0. The zero-order valence-electron chi connectivity index (χ0n) is 10.2. The third kappa shape index (κ3) is 7.19. The zero-order chi connectivity index (χ0) is 12.6. The predicted molar refractivity (Wildman–Crippen MR) is 60.8 cm³/mol. The number of methoxy groups -OCH3 is 1. The van der Waals surface area contributed by atoms with Crippen LogP contribution in [-0.4, -0.2) is 56.6 Å². The van der Waals surface area contributed by atoms with Crippen LogP contribution in [0, 0.1) is 0 Å². The van der Waals surface area contributed by atoms with Crippen molar-refractivity contribution in [2.75, 3.05) is 33.9 Å². The SMILES string of the molecule is COCCNC(=O)CN(C)C(=O)CC(C)N. The summed E-state index contributed by atoms with van der Waals surface area (Å²) in [7, 11) is 3.14. The smallest absolute Gasteiger partial charge is 0.239 e. The molecule has 0 saturated heterocycles. The fraction of sp³-hybridized carbons (Fsp3) is 0.800. The summed E-state index contributed by atoms with van der Waals surface area (Å²) >= 11 is 0. The molecule has 0 saturated carbocycles. The van der Waals surface area contributed by atoms with Crippen LogP contribution in [-0.2, 0) is 14.3 Å². The van der Waals surface area contributed by atoms with Gasteiger partial charge >= 0.3 is 0 Å². The quantitative estimate of drug-likeness (QED) is 0.547. The summed E-state index contributed by atoms with van der Waals surface area (Å²) in [6.07, 6.45) is 0.252. The van der Waals surface area contributed by atoms with E-state index in [2.05, 4.69) is 5.32 Å². The van der Waals surface area contributed by atoms with Gasteiger partial charge in [0.05, 0.1) is 13.2 Å². The van der Waals surface area contributed by atoms with Crippen LogP contribution in [0.1, 0.15) is 13.3 Å². The van der Waals surface area contributed by atoms with Crippen LogP contribution >= 0.6 is 0 Å². The molecular formula is C10H21N3O3. The molecule has 0 radical (unpaired) electrons. The first kappa shape index (κ1) is 14.9. The molecule has 0 aliphatic rings. The maximum absolute atomic E-state index is 11.5. The van der Waals surface area contributed by atoms with Crippen molar-refractivity contribution in [3.8, 4) is 0 Å². The van der Waals surface area contributed by atoms with E-state index in [1.807, 2.05) is 0 Å². The van der Waals surface area contributed by atoms with Crippen LogP contribution in [0.2, 0.25) is 0 Å². The Morgan fingerprint density at radius 2 is 2.12 bits per heavy atom. The number of carbonyl (C=O) groups excluding carboxylic acids is 2. The highest BCUT2D eigenvalue weighted by atomic mass is 16.5. The van der Waals surface area contributed by atoms with E-state index in [1.54, 1.807) is 21.1 Å². The molecule has 0 aromatic carbocycles. The third-order valence-electron chi connectivity index (χ3n) is 1.93. The average molecular weight is 231 g/mol. The molecule has 0 spiro atoms. The lowest BCUT2D eigenvalue weighted by molar-refractivity contribution is -0.135. The molecule has 0 aliphatic carbocycles. The van der Waals surface area contributed by atoms with Crippen molar-refractivity contribution in [3.63, 3.8) is 0 Å². The Kier molecular flexibility index (Phi) is 7.49. The van der Waals surface area contributed by atoms with Crippen molar-refractivity contribution >= 4 is 11.8 Å². The second-order valence-corrected chi connectivity index (χ2v) is 3.77. The molecule has 0 heterocycles. The zero-order valence-corrected chi connectivity index (χ0v) is 10.2. The molecule has 2 amide bonds. The molecule has 3 N–H and O–H groups in total. The molecule has 0 rings (SSSR count). The largest absolute Gasteiger partial charge is 0.383 e. The highest BCUT2D eigenvalue weighted by molar-refractivity contribution is 5.84.